The number of benzene rings is 4. The Labute approximate surface area is 216 Å². The summed E-state index contributed by atoms with van der Waals surface area (Å²) in [5.41, 5.74) is 1.87. The third kappa shape index (κ3) is 4.60. The third-order valence-corrected chi connectivity index (χ3v) is 11.3. The van der Waals surface area contributed by atoms with Crippen LogP contribution in [0.15, 0.2) is 137 Å². The molecule has 1 aromatic heterocycles. The molecule has 5 heteroatoms. The average Bonchev–Trinajstić information content (AvgIpc) is 3.34. The lowest BCUT2D eigenvalue weighted by molar-refractivity contribution is 0.487. The van der Waals surface area contributed by atoms with Gasteiger partial charge in [0.05, 0.1) is 0 Å². The maximum absolute atomic E-state index is 6.50. The van der Waals surface area contributed by atoms with Crippen LogP contribution in [0, 0.1) is 0 Å². The fourth-order valence-electron chi connectivity index (χ4n) is 4.22. The summed E-state index contributed by atoms with van der Waals surface area (Å²) in [5.74, 6) is 1.32. The molecule has 0 N–H and O–H groups in total. The van der Waals surface area contributed by atoms with Crippen LogP contribution in [0.1, 0.15) is 0 Å². The van der Waals surface area contributed by atoms with Crippen molar-refractivity contribution in [2.24, 2.45) is 0 Å². The van der Waals surface area contributed by atoms with Gasteiger partial charge < -0.3 is 4.42 Å². The van der Waals surface area contributed by atoms with E-state index in [-0.39, 0.29) is 0 Å². The fourth-order valence-corrected chi connectivity index (χ4v) is 9.58. The summed E-state index contributed by atoms with van der Waals surface area (Å²) >= 11 is 7.79. The summed E-state index contributed by atoms with van der Waals surface area (Å²) in [6.07, 6.45) is 1.90. The van der Waals surface area contributed by atoms with Gasteiger partial charge in [0.2, 0.25) is 11.0 Å². The molecule has 0 saturated carbocycles. The molecule has 172 valence electrons. The molecule has 0 fully saturated rings. The largest absolute Gasteiger partial charge is 0.425 e. The predicted molar refractivity (Wildman–Crippen MR) is 153 cm³/mol. The lowest BCUT2D eigenvalue weighted by Crippen LogP contribution is -2.40. The van der Waals surface area contributed by atoms with E-state index in [9.17, 15) is 0 Å². The Morgan fingerprint density at radius 2 is 1.23 bits per heavy atom. The lowest BCUT2D eigenvalue weighted by Gasteiger charge is -2.25. The van der Waals surface area contributed by atoms with Gasteiger partial charge in [-0.3, -0.25) is 0 Å². The second-order valence-electron chi connectivity index (χ2n) is 7.91. The molecule has 0 atom stereocenters. The van der Waals surface area contributed by atoms with Crippen molar-refractivity contribution in [1.29, 1.82) is 0 Å². The van der Waals surface area contributed by atoms with E-state index in [1.54, 1.807) is 11.8 Å². The zero-order valence-electron chi connectivity index (χ0n) is 19.1. The smallest absolute Gasteiger partial charge is 0.251 e. The maximum Gasteiger partial charge on any atom is 0.251 e. The molecule has 4 aromatic carbocycles. The van der Waals surface area contributed by atoms with Crippen molar-refractivity contribution in [2.45, 2.75) is 5.09 Å². The van der Waals surface area contributed by atoms with E-state index in [2.05, 4.69) is 97.6 Å². The van der Waals surface area contributed by atoms with E-state index in [1.165, 1.54) is 15.9 Å². The van der Waals surface area contributed by atoms with E-state index in [0.717, 1.165) is 21.8 Å². The molecule has 0 radical (unpaired) electrons. The molecule has 2 nitrogen and oxygen atoms in total. The van der Waals surface area contributed by atoms with Gasteiger partial charge in [-0.15, -0.1) is 6.58 Å². The molecule has 5 rings (SSSR count). The molecule has 1 heterocycles. The molecule has 5 aromatic rings. The second kappa shape index (κ2) is 10.7. The first kappa shape index (κ1) is 23.6. The number of rotatable bonds is 8. The van der Waals surface area contributed by atoms with Crippen molar-refractivity contribution in [1.82, 2.24) is 4.98 Å². The van der Waals surface area contributed by atoms with Crippen LogP contribution in [0.5, 0.6) is 0 Å². The van der Waals surface area contributed by atoms with Crippen LogP contribution in [0.4, 0.5) is 0 Å². The van der Waals surface area contributed by atoms with E-state index >= 15 is 0 Å². The van der Waals surface area contributed by atoms with E-state index in [0.29, 0.717) is 10.9 Å². The summed E-state index contributed by atoms with van der Waals surface area (Å²) in [6.45, 7) is 3.93. The first-order valence-electron chi connectivity index (χ1n) is 11.3. The Hall–Kier alpha value is -3.10. The standard InChI is InChI=1S/C30H24ClNOPS/c1-2-22-35-30-29(32-28(33-30)23-18-20-24(31)21-19-23)34(25-12-6-3-7-13-25,26-14-8-4-9-15-26)27-16-10-5-11-17-27/h2-21H,1,22H2/q+1. The van der Waals surface area contributed by atoms with Crippen molar-refractivity contribution in [3.05, 3.63) is 133 Å². The van der Waals surface area contributed by atoms with Crippen LogP contribution in [-0.2, 0) is 0 Å². The Bertz CT molecular complexity index is 1310. The summed E-state index contributed by atoms with van der Waals surface area (Å²) in [6, 6.07) is 39.7. The maximum atomic E-state index is 6.50. The van der Waals surface area contributed by atoms with Crippen molar-refractivity contribution < 1.29 is 4.42 Å². The number of hydrogen-bond donors (Lipinski definition) is 0. The molecular weight excluding hydrogens is 489 g/mol. The number of thioether (sulfide) groups is 1. The minimum atomic E-state index is -2.38. The minimum Gasteiger partial charge on any atom is -0.425 e. The normalized spacial score (nSPS) is 11.3. The van der Waals surface area contributed by atoms with Gasteiger partial charge in [-0.1, -0.05) is 84.0 Å². The monoisotopic (exact) mass is 512 g/mol. The van der Waals surface area contributed by atoms with Crippen LogP contribution in [0.2, 0.25) is 5.02 Å². The van der Waals surface area contributed by atoms with Gasteiger partial charge >= 0.3 is 0 Å². The molecule has 0 unspecified atom stereocenters. The molecular formula is C30H24ClNOPS+. The van der Waals surface area contributed by atoms with Crippen molar-refractivity contribution in [3.8, 4) is 11.5 Å². The molecule has 0 saturated heterocycles. The number of nitrogens with zero attached hydrogens (tertiary/aromatic N) is 1. The Kier molecular flexibility index (Phi) is 7.20. The molecule has 0 bridgehead atoms. The summed E-state index contributed by atoms with van der Waals surface area (Å²) in [4.78, 5) is 5.25. The summed E-state index contributed by atoms with van der Waals surface area (Å²) < 4.78 is 6.50. The van der Waals surface area contributed by atoms with Crippen LogP contribution in [0.25, 0.3) is 11.5 Å². The Balaban J connectivity index is 1.86. The zero-order chi connectivity index (χ0) is 24.1. The molecule has 35 heavy (non-hydrogen) atoms. The highest BCUT2D eigenvalue weighted by Gasteiger charge is 2.52. The molecule has 0 amide bonds. The first-order valence-corrected chi connectivity index (χ1v) is 14.5. The van der Waals surface area contributed by atoms with Crippen molar-refractivity contribution in [3.63, 3.8) is 0 Å². The highest BCUT2D eigenvalue weighted by molar-refractivity contribution is 8.04. The highest BCUT2D eigenvalue weighted by atomic mass is 35.5. The first-order chi connectivity index (χ1) is 17.2. The number of hydrogen-bond acceptors (Lipinski definition) is 3. The molecule has 0 spiro atoms. The van der Waals surface area contributed by atoms with Crippen LogP contribution in [0.3, 0.4) is 0 Å². The summed E-state index contributed by atoms with van der Waals surface area (Å²) in [5, 5.41) is 5.19. The van der Waals surface area contributed by atoms with E-state index in [1.807, 2.05) is 30.3 Å². The summed E-state index contributed by atoms with van der Waals surface area (Å²) in [7, 11) is -2.38. The van der Waals surface area contributed by atoms with Gasteiger partial charge in [-0.2, -0.15) is 4.98 Å². The third-order valence-electron chi connectivity index (χ3n) is 5.75. The van der Waals surface area contributed by atoms with Gasteiger partial charge in [-0.05, 0) is 60.7 Å². The Morgan fingerprint density at radius 3 is 1.69 bits per heavy atom. The number of halogens is 1. The van der Waals surface area contributed by atoms with Crippen molar-refractivity contribution in [2.75, 3.05) is 5.75 Å². The second-order valence-corrected chi connectivity index (χ2v) is 12.7. The van der Waals surface area contributed by atoms with Gasteiger partial charge in [-0.25, -0.2) is 0 Å². The van der Waals surface area contributed by atoms with E-state index < -0.39 is 7.26 Å². The van der Waals surface area contributed by atoms with Gasteiger partial charge in [0.15, 0.2) is 7.26 Å². The van der Waals surface area contributed by atoms with Crippen molar-refractivity contribution >= 4 is 52.0 Å². The Morgan fingerprint density at radius 1 is 0.743 bits per heavy atom. The lowest BCUT2D eigenvalue weighted by atomic mass is 10.2. The molecule has 0 aliphatic heterocycles. The predicted octanol–water partition coefficient (Wildman–Crippen LogP) is 6.89. The highest BCUT2D eigenvalue weighted by Crippen LogP contribution is 2.56. The van der Waals surface area contributed by atoms with Gasteiger partial charge in [0, 0.05) is 16.3 Å². The fraction of sp³-hybridized carbons (Fsp3) is 0.0333. The SMILES string of the molecule is C=CCSc1oc(-c2ccc(Cl)cc2)nc1[P+](c1ccccc1)(c1ccccc1)c1ccccc1. The van der Waals surface area contributed by atoms with Crippen LogP contribution >= 0.6 is 30.6 Å². The zero-order valence-corrected chi connectivity index (χ0v) is 21.5. The van der Waals surface area contributed by atoms with Crippen LogP contribution < -0.4 is 21.3 Å². The quantitative estimate of drug-likeness (QED) is 0.129. The topological polar surface area (TPSA) is 26.0 Å². The molecule has 0 aliphatic rings. The van der Waals surface area contributed by atoms with Crippen LogP contribution in [-0.4, -0.2) is 10.7 Å². The number of oxazole rings is 1. The average molecular weight is 513 g/mol. The van der Waals surface area contributed by atoms with Gasteiger partial charge in [0.1, 0.15) is 15.9 Å². The number of aromatic nitrogens is 1. The van der Waals surface area contributed by atoms with E-state index in [4.69, 9.17) is 21.0 Å². The van der Waals surface area contributed by atoms with Gasteiger partial charge in [0.25, 0.3) is 5.44 Å². The molecule has 0 aliphatic carbocycles. The minimum absolute atomic E-state index is 0.593.